The van der Waals surface area contributed by atoms with E-state index < -0.39 is 0 Å². The minimum absolute atomic E-state index is 0.454. The Morgan fingerprint density at radius 3 is 2.35 bits per heavy atom. The van der Waals surface area contributed by atoms with Crippen molar-refractivity contribution in [3.8, 4) is 11.8 Å². The predicted molar refractivity (Wildman–Crippen MR) is 76.4 cm³/mol. The number of aromatic nitrogens is 3. The molecule has 0 bridgehead atoms. The second kappa shape index (κ2) is 6.38. The first-order valence-electron chi connectivity index (χ1n) is 5.93. The summed E-state index contributed by atoms with van der Waals surface area (Å²) in [6.45, 7) is 2.35. The number of aryl methyl sites for hydroxylation is 1. The molecule has 20 heavy (non-hydrogen) atoms. The van der Waals surface area contributed by atoms with Crippen LogP contribution in [0.5, 0.6) is 11.8 Å². The van der Waals surface area contributed by atoms with Crippen molar-refractivity contribution in [2.24, 2.45) is 0 Å². The fourth-order valence-electron chi connectivity index (χ4n) is 1.73. The molecule has 2 aromatic rings. The molecule has 0 aliphatic rings. The Morgan fingerprint density at radius 2 is 1.80 bits per heavy atom. The van der Waals surface area contributed by atoms with Crippen LogP contribution in [0.2, 0.25) is 5.15 Å². The third kappa shape index (κ3) is 3.08. The number of pyridine rings is 1. The molecule has 0 amide bonds. The van der Waals surface area contributed by atoms with Crippen LogP contribution in [0, 0.1) is 6.92 Å². The number of nitrogens with one attached hydrogen (secondary N) is 1. The topological polar surface area (TPSA) is 69.2 Å². The van der Waals surface area contributed by atoms with Crippen LogP contribution in [0.4, 0.5) is 5.69 Å². The minimum Gasteiger partial charge on any atom is -0.481 e. The van der Waals surface area contributed by atoms with E-state index in [0.717, 1.165) is 16.8 Å². The molecule has 0 aromatic carbocycles. The van der Waals surface area contributed by atoms with E-state index in [1.165, 1.54) is 6.33 Å². The molecule has 7 heteroatoms. The van der Waals surface area contributed by atoms with Gasteiger partial charge in [0.15, 0.2) is 0 Å². The molecule has 0 atom stereocenters. The largest absolute Gasteiger partial charge is 0.481 e. The molecule has 0 aliphatic heterocycles. The molecule has 106 valence electrons. The van der Waals surface area contributed by atoms with Crippen LogP contribution >= 0.6 is 11.6 Å². The van der Waals surface area contributed by atoms with E-state index in [-0.39, 0.29) is 0 Å². The molecule has 0 fully saturated rings. The highest BCUT2D eigenvalue weighted by Gasteiger charge is 2.12. The van der Waals surface area contributed by atoms with E-state index in [0.29, 0.717) is 23.5 Å². The lowest BCUT2D eigenvalue weighted by Gasteiger charge is -2.12. The molecular formula is C13H15ClN4O2. The van der Waals surface area contributed by atoms with Crippen molar-refractivity contribution in [2.75, 3.05) is 19.5 Å². The maximum atomic E-state index is 5.89. The highest BCUT2D eigenvalue weighted by Crippen LogP contribution is 2.25. The number of ether oxygens (including phenoxy) is 2. The lowest BCUT2D eigenvalue weighted by Crippen LogP contribution is -2.07. The van der Waals surface area contributed by atoms with Crippen molar-refractivity contribution in [3.05, 3.63) is 34.9 Å². The second-order valence-corrected chi connectivity index (χ2v) is 4.41. The molecule has 0 unspecified atom stereocenters. The smallest absolute Gasteiger partial charge is 0.225 e. The van der Waals surface area contributed by atoms with E-state index in [9.17, 15) is 0 Å². The van der Waals surface area contributed by atoms with Gasteiger partial charge in [0.25, 0.3) is 0 Å². The van der Waals surface area contributed by atoms with E-state index in [2.05, 4.69) is 20.3 Å². The Kier molecular flexibility index (Phi) is 4.57. The number of methoxy groups -OCH3 is 2. The van der Waals surface area contributed by atoms with Gasteiger partial charge >= 0.3 is 0 Å². The zero-order chi connectivity index (χ0) is 14.5. The average Bonchev–Trinajstić information content (AvgIpc) is 2.48. The number of nitrogens with zero attached hydrogens (tertiary/aromatic N) is 3. The van der Waals surface area contributed by atoms with Crippen molar-refractivity contribution in [1.29, 1.82) is 0 Å². The highest BCUT2D eigenvalue weighted by atomic mass is 35.5. The van der Waals surface area contributed by atoms with Crippen LogP contribution in [-0.2, 0) is 6.54 Å². The van der Waals surface area contributed by atoms with Crippen LogP contribution in [0.3, 0.4) is 0 Å². The Morgan fingerprint density at radius 1 is 1.15 bits per heavy atom. The van der Waals surface area contributed by atoms with Gasteiger partial charge in [-0.05, 0) is 18.6 Å². The number of hydrogen-bond donors (Lipinski definition) is 1. The summed E-state index contributed by atoms with van der Waals surface area (Å²) in [6.07, 6.45) is 3.06. The van der Waals surface area contributed by atoms with Crippen LogP contribution in [-0.4, -0.2) is 29.2 Å². The average molecular weight is 295 g/mol. The lowest BCUT2D eigenvalue weighted by atomic mass is 10.2. The molecule has 0 radical (unpaired) electrons. The summed E-state index contributed by atoms with van der Waals surface area (Å²) in [6, 6.07) is 1.91. The van der Waals surface area contributed by atoms with Gasteiger partial charge in [-0.25, -0.2) is 15.0 Å². The molecule has 2 aromatic heterocycles. The van der Waals surface area contributed by atoms with E-state index in [1.807, 2.05) is 13.0 Å². The molecule has 0 saturated carbocycles. The Hall–Kier alpha value is -2.08. The number of anilines is 1. The summed E-state index contributed by atoms with van der Waals surface area (Å²) in [5.41, 5.74) is 2.49. The van der Waals surface area contributed by atoms with Crippen molar-refractivity contribution >= 4 is 17.3 Å². The second-order valence-electron chi connectivity index (χ2n) is 4.06. The number of rotatable bonds is 5. The van der Waals surface area contributed by atoms with E-state index >= 15 is 0 Å². The highest BCUT2D eigenvalue weighted by molar-refractivity contribution is 6.30. The SMILES string of the molecule is COc1ncnc(OC)c1CNc1cnc(Cl)c(C)c1. The Balaban J connectivity index is 2.19. The van der Waals surface area contributed by atoms with Crippen molar-refractivity contribution in [1.82, 2.24) is 15.0 Å². The quantitative estimate of drug-likeness (QED) is 0.854. The molecular weight excluding hydrogens is 280 g/mol. The lowest BCUT2D eigenvalue weighted by molar-refractivity contribution is 0.363. The van der Waals surface area contributed by atoms with E-state index in [1.54, 1.807) is 20.4 Å². The predicted octanol–water partition coefficient (Wildman–Crippen LogP) is 2.46. The number of halogens is 1. The Bertz CT molecular complexity index is 585. The summed E-state index contributed by atoms with van der Waals surface area (Å²) in [5, 5.41) is 3.71. The van der Waals surface area contributed by atoms with Crippen molar-refractivity contribution < 1.29 is 9.47 Å². The van der Waals surface area contributed by atoms with Crippen LogP contribution < -0.4 is 14.8 Å². The fraction of sp³-hybridized carbons (Fsp3) is 0.308. The molecule has 2 heterocycles. The van der Waals surface area contributed by atoms with Gasteiger partial charge in [0.1, 0.15) is 11.5 Å². The standard InChI is InChI=1S/C13H15ClN4O2/c1-8-4-9(5-16-11(8)14)15-6-10-12(19-2)17-7-18-13(10)20-3/h4-5,7,15H,6H2,1-3H3. The summed E-state index contributed by atoms with van der Waals surface area (Å²) >= 11 is 5.89. The third-order valence-electron chi connectivity index (χ3n) is 2.74. The van der Waals surface area contributed by atoms with Gasteiger partial charge in [-0.1, -0.05) is 11.6 Å². The first-order chi connectivity index (χ1) is 9.65. The van der Waals surface area contributed by atoms with Crippen LogP contribution in [0.25, 0.3) is 0 Å². The summed E-state index contributed by atoms with van der Waals surface area (Å²) in [4.78, 5) is 12.2. The third-order valence-corrected chi connectivity index (χ3v) is 3.13. The van der Waals surface area contributed by atoms with E-state index in [4.69, 9.17) is 21.1 Å². The maximum Gasteiger partial charge on any atom is 0.225 e. The molecule has 0 spiro atoms. The normalized spacial score (nSPS) is 10.2. The van der Waals surface area contributed by atoms with Gasteiger partial charge in [0.05, 0.1) is 38.2 Å². The monoisotopic (exact) mass is 294 g/mol. The maximum absolute atomic E-state index is 5.89. The van der Waals surface area contributed by atoms with Gasteiger partial charge in [-0.2, -0.15) is 0 Å². The van der Waals surface area contributed by atoms with Gasteiger partial charge in [0.2, 0.25) is 11.8 Å². The molecule has 2 rings (SSSR count). The molecule has 1 N–H and O–H groups in total. The summed E-state index contributed by atoms with van der Waals surface area (Å²) in [5.74, 6) is 0.950. The van der Waals surface area contributed by atoms with Gasteiger partial charge in [0, 0.05) is 0 Å². The number of hydrogen-bond acceptors (Lipinski definition) is 6. The fourth-order valence-corrected chi connectivity index (χ4v) is 1.83. The van der Waals surface area contributed by atoms with Crippen molar-refractivity contribution in [2.45, 2.75) is 13.5 Å². The zero-order valence-corrected chi connectivity index (χ0v) is 12.2. The first-order valence-corrected chi connectivity index (χ1v) is 6.31. The van der Waals surface area contributed by atoms with Gasteiger partial charge in [-0.3, -0.25) is 0 Å². The Labute approximate surface area is 122 Å². The molecule has 0 saturated heterocycles. The van der Waals surface area contributed by atoms with Gasteiger partial charge < -0.3 is 14.8 Å². The first kappa shape index (κ1) is 14.3. The summed E-state index contributed by atoms with van der Waals surface area (Å²) in [7, 11) is 3.11. The van der Waals surface area contributed by atoms with Crippen LogP contribution in [0.1, 0.15) is 11.1 Å². The molecule has 6 nitrogen and oxygen atoms in total. The van der Waals surface area contributed by atoms with Crippen LogP contribution in [0.15, 0.2) is 18.6 Å². The van der Waals surface area contributed by atoms with Gasteiger partial charge in [-0.15, -0.1) is 0 Å². The molecule has 0 aliphatic carbocycles. The zero-order valence-electron chi connectivity index (χ0n) is 11.5. The summed E-state index contributed by atoms with van der Waals surface area (Å²) < 4.78 is 10.4. The minimum atomic E-state index is 0.454. The van der Waals surface area contributed by atoms with Crippen molar-refractivity contribution in [3.63, 3.8) is 0 Å².